The minimum atomic E-state index is -0.921. The van der Waals surface area contributed by atoms with Crippen LogP contribution in [0.4, 0.5) is 10.1 Å². The van der Waals surface area contributed by atoms with Gasteiger partial charge in [0.15, 0.2) is 5.56 Å². The number of rotatable bonds is 2. The Balaban J connectivity index is 2.47. The predicted molar refractivity (Wildman–Crippen MR) is 72.9 cm³/mol. The van der Waals surface area contributed by atoms with E-state index in [4.69, 9.17) is 0 Å². The van der Waals surface area contributed by atoms with Crippen molar-refractivity contribution < 1.29 is 14.3 Å². The summed E-state index contributed by atoms with van der Waals surface area (Å²) < 4.78 is 14.3. The number of hydrogen-bond donors (Lipinski definition) is 2. The van der Waals surface area contributed by atoms with Gasteiger partial charge in [0.05, 0.1) is 0 Å². The molecule has 21 heavy (non-hydrogen) atoms. The Morgan fingerprint density at radius 3 is 2.29 bits per heavy atom. The van der Waals surface area contributed by atoms with Gasteiger partial charge in [0.1, 0.15) is 5.82 Å². The molecule has 0 spiro atoms. The summed E-state index contributed by atoms with van der Waals surface area (Å²) in [5.74, 6) is -2.10. The summed E-state index contributed by atoms with van der Waals surface area (Å²) in [6, 6.07) is 4.87. The zero-order valence-electron chi connectivity index (χ0n) is 11.3. The van der Waals surface area contributed by atoms with Crippen molar-refractivity contribution in [1.82, 2.24) is 9.13 Å². The molecule has 0 fully saturated rings. The van der Waals surface area contributed by atoms with Gasteiger partial charge in [-0.2, -0.15) is 0 Å². The average Bonchev–Trinajstić information content (AvgIpc) is 2.46. The Kier molecular flexibility index (Phi) is 3.62. The van der Waals surface area contributed by atoms with Crippen LogP contribution in [0.15, 0.2) is 33.9 Å². The van der Waals surface area contributed by atoms with Gasteiger partial charge in [0.2, 0.25) is 5.88 Å². The number of aromatic hydroxyl groups is 1. The molecule has 2 N–H and O–H groups in total. The Morgan fingerprint density at radius 2 is 1.71 bits per heavy atom. The lowest BCUT2D eigenvalue weighted by atomic mass is 10.2. The Bertz CT molecular complexity index is 821. The molecule has 0 saturated carbocycles. The first kappa shape index (κ1) is 14.5. The van der Waals surface area contributed by atoms with E-state index in [0.29, 0.717) is 4.57 Å². The first-order chi connectivity index (χ1) is 9.82. The quantitative estimate of drug-likeness (QED) is 0.826. The van der Waals surface area contributed by atoms with Crippen LogP contribution in [0.2, 0.25) is 0 Å². The highest BCUT2D eigenvalue weighted by Crippen LogP contribution is 2.13. The summed E-state index contributed by atoms with van der Waals surface area (Å²) in [6.07, 6.45) is 0. The summed E-state index contributed by atoms with van der Waals surface area (Å²) in [7, 11) is 2.42. The maximum Gasteiger partial charge on any atom is 0.333 e. The molecule has 7 nitrogen and oxygen atoms in total. The highest BCUT2D eigenvalue weighted by atomic mass is 19.1. The molecule has 1 heterocycles. The fourth-order valence-corrected chi connectivity index (χ4v) is 1.76. The van der Waals surface area contributed by atoms with Crippen LogP contribution < -0.4 is 16.6 Å². The van der Waals surface area contributed by atoms with E-state index in [0.717, 1.165) is 16.7 Å². The first-order valence-corrected chi connectivity index (χ1v) is 5.89. The fourth-order valence-electron chi connectivity index (χ4n) is 1.76. The zero-order valence-corrected chi connectivity index (χ0v) is 11.3. The summed E-state index contributed by atoms with van der Waals surface area (Å²) in [5, 5.41) is 12.2. The molecule has 110 valence electrons. The highest BCUT2D eigenvalue weighted by molar-refractivity contribution is 6.05. The summed E-state index contributed by atoms with van der Waals surface area (Å²) in [5.41, 5.74) is -1.99. The Labute approximate surface area is 117 Å². The lowest BCUT2D eigenvalue weighted by molar-refractivity contribution is 0.102. The minimum Gasteiger partial charge on any atom is -0.494 e. The summed E-state index contributed by atoms with van der Waals surface area (Å²) >= 11 is 0. The number of amides is 1. The van der Waals surface area contributed by atoms with E-state index in [9.17, 15) is 23.9 Å². The van der Waals surface area contributed by atoms with Crippen LogP contribution in [0.25, 0.3) is 0 Å². The van der Waals surface area contributed by atoms with Crippen molar-refractivity contribution in [2.75, 3.05) is 5.32 Å². The lowest BCUT2D eigenvalue weighted by Gasteiger charge is -2.10. The second-order valence-electron chi connectivity index (χ2n) is 4.37. The second kappa shape index (κ2) is 5.23. The summed E-state index contributed by atoms with van der Waals surface area (Å²) in [4.78, 5) is 35.6. The molecular formula is C13H12FN3O4. The fraction of sp³-hybridized carbons (Fsp3) is 0.154. The molecule has 0 atom stereocenters. The van der Waals surface area contributed by atoms with Crippen LogP contribution in [0, 0.1) is 5.82 Å². The Hall–Kier alpha value is -2.90. The van der Waals surface area contributed by atoms with E-state index in [-0.39, 0.29) is 5.69 Å². The second-order valence-corrected chi connectivity index (χ2v) is 4.37. The molecule has 1 aromatic heterocycles. The van der Waals surface area contributed by atoms with E-state index >= 15 is 0 Å². The maximum atomic E-state index is 12.8. The van der Waals surface area contributed by atoms with Gasteiger partial charge in [-0.3, -0.25) is 18.7 Å². The number of benzene rings is 1. The van der Waals surface area contributed by atoms with Crippen LogP contribution in [0.1, 0.15) is 10.4 Å². The van der Waals surface area contributed by atoms with E-state index in [1.165, 1.54) is 26.2 Å². The van der Waals surface area contributed by atoms with Gasteiger partial charge in [-0.05, 0) is 24.3 Å². The third-order valence-corrected chi connectivity index (χ3v) is 2.96. The first-order valence-electron chi connectivity index (χ1n) is 5.89. The molecule has 0 radical (unpaired) electrons. The molecule has 0 aliphatic heterocycles. The molecule has 0 saturated heterocycles. The third-order valence-electron chi connectivity index (χ3n) is 2.96. The van der Waals surface area contributed by atoms with Crippen molar-refractivity contribution in [3.63, 3.8) is 0 Å². The van der Waals surface area contributed by atoms with Gasteiger partial charge in [-0.1, -0.05) is 0 Å². The van der Waals surface area contributed by atoms with Crippen LogP contribution in [-0.2, 0) is 14.1 Å². The summed E-state index contributed by atoms with van der Waals surface area (Å²) in [6.45, 7) is 0. The largest absolute Gasteiger partial charge is 0.494 e. The Morgan fingerprint density at radius 1 is 1.14 bits per heavy atom. The van der Waals surface area contributed by atoms with Crippen molar-refractivity contribution in [1.29, 1.82) is 0 Å². The molecular weight excluding hydrogens is 281 g/mol. The zero-order chi connectivity index (χ0) is 15.7. The standard InChI is InChI=1S/C13H12FN3O4/c1-16-11(19)9(12(20)17(2)13(16)21)10(18)15-8-5-3-7(14)4-6-8/h3-6,19H,1-2H3,(H,15,18). The number of aromatic nitrogens is 2. The molecule has 1 amide bonds. The van der Waals surface area contributed by atoms with Crippen molar-refractivity contribution >= 4 is 11.6 Å². The van der Waals surface area contributed by atoms with Crippen molar-refractivity contribution in [3.8, 4) is 5.88 Å². The molecule has 2 rings (SSSR count). The number of carbonyl (C=O) groups excluding carboxylic acids is 1. The number of carbonyl (C=O) groups is 1. The molecule has 1 aromatic carbocycles. The van der Waals surface area contributed by atoms with Gasteiger partial charge in [-0.25, -0.2) is 9.18 Å². The number of hydrogen-bond acceptors (Lipinski definition) is 4. The molecule has 0 aliphatic rings. The van der Waals surface area contributed by atoms with Crippen LogP contribution >= 0.6 is 0 Å². The van der Waals surface area contributed by atoms with Gasteiger partial charge >= 0.3 is 5.69 Å². The monoisotopic (exact) mass is 293 g/mol. The molecule has 8 heteroatoms. The van der Waals surface area contributed by atoms with Gasteiger partial charge in [0.25, 0.3) is 11.5 Å². The minimum absolute atomic E-state index is 0.247. The number of nitrogens with zero attached hydrogens (tertiary/aromatic N) is 2. The maximum absolute atomic E-state index is 12.8. The van der Waals surface area contributed by atoms with Crippen molar-refractivity contribution in [2.45, 2.75) is 0 Å². The van der Waals surface area contributed by atoms with Crippen molar-refractivity contribution in [2.24, 2.45) is 14.1 Å². The smallest absolute Gasteiger partial charge is 0.333 e. The van der Waals surface area contributed by atoms with Gasteiger partial charge in [0, 0.05) is 19.8 Å². The third kappa shape index (κ3) is 2.55. The van der Waals surface area contributed by atoms with E-state index in [1.807, 2.05) is 0 Å². The predicted octanol–water partition coefficient (Wildman–Crippen LogP) is 0.181. The van der Waals surface area contributed by atoms with Crippen LogP contribution in [0.3, 0.4) is 0 Å². The van der Waals surface area contributed by atoms with Gasteiger partial charge < -0.3 is 10.4 Å². The molecule has 0 aliphatic carbocycles. The topological polar surface area (TPSA) is 93.3 Å². The molecule has 2 aromatic rings. The van der Waals surface area contributed by atoms with E-state index < -0.39 is 34.4 Å². The lowest BCUT2D eigenvalue weighted by Crippen LogP contribution is -2.40. The van der Waals surface area contributed by atoms with Crippen LogP contribution in [-0.4, -0.2) is 20.1 Å². The number of anilines is 1. The van der Waals surface area contributed by atoms with E-state index in [1.54, 1.807) is 0 Å². The molecule has 0 bridgehead atoms. The number of halogens is 1. The van der Waals surface area contributed by atoms with E-state index in [2.05, 4.69) is 5.32 Å². The number of nitrogens with one attached hydrogen (secondary N) is 1. The van der Waals surface area contributed by atoms with Gasteiger partial charge in [-0.15, -0.1) is 0 Å². The molecule has 0 unspecified atom stereocenters. The average molecular weight is 293 g/mol. The SMILES string of the molecule is Cn1c(O)c(C(=O)Nc2ccc(F)cc2)c(=O)n(C)c1=O. The van der Waals surface area contributed by atoms with Crippen LogP contribution in [0.5, 0.6) is 5.88 Å². The normalized spacial score (nSPS) is 10.4. The van der Waals surface area contributed by atoms with Crippen molar-refractivity contribution in [3.05, 3.63) is 56.5 Å². The highest BCUT2D eigenvalue weighted by Gasteiger charge is 2.21.